The number of hydrogen-bond acceptors (Lipinski definition) is 7. The van der Waals surface area contributed by atoms with E-state index in [0.29, 0.717) is 19.3 Å². The molecule has 0 bridgehead atoms. The summed E-state index contributed by atoms with van der Waals surface area (Å²) in [6.07, 6.45) is 46.1. The predicted octanol–water partition coefficient (Wildman–Crippen LogP) is 10.3. The first-order valence-corrected chi connectivity index (χ1v) is 20.5. The standard InChI is InChI=1S/C41H67O9P/c1-2-3-4-5-6-7-8-9-13-16-19-22-25-28-31-34-40(43)48-37-39(38-49-51(45,46)47)50-41(44)35-32-29-26-23-20-17-14-11-10-12-15-18-21-24-27-30-33-36-42/h3-4,6-7,9-10,12-14,17-18,21,23,26,39,42H,2,5,8,11,15-16,19-20,22,24-25,27-38H2,1H3,(H2,45,46,47)/b4-3-,7-6-,12-10-,13-9-,17-14-,21-18-,26-23-/t39-/m1/s1. The van der Waals surface area contributed by atoms with E-state index in [0.717, 1.165) is 96.3 Å². The molecular formula is C41H67O9P. The highest BCUT2D eigenvalue weighted by Gasteiger charge is 2.22. The molecule has 1 atom stereocenters. The smallest absolute Gasteiger partial charge is 0.462 e. The molecular weight excluding hydrogens is 667 g/mol. The minimum absolute atomic E-state index is 0.117. The number of ether oxygens (including phenoxy) is 2. The van der Waals surface area contributed by atoms with Gasteiger partial charge in [-0.25, -0.2) is 4.57 Å². The molecule has 0 rings (SSSR count). The van der Waals surface area contributed by atoms with E-state index >= 15 is 0 Å². The summed E-state index contributed by atoms with van der Waals surface area (Å²) >= 11 is 0. The van der Waals surface area contributed by atoms with Crippen LogP contribution in [-0.4, -0.2) is 52.8 Å². The molecule has 10 heteroatoms. The van der Waals surface area contributed by atoms with Crippen molar-refractivity contribution in [2.75, 3.05) is 19.8 Å². The lowest BCUT2D eigenvalue weighted by molar-refractivity contribution is -0.161. The second-order valence-corrected chi connectivity index (χ2v) is 13.5. The van der Waals surface area contributed by atoms with Crippen LogP contribution in [-0.2, 0) is 28.2 Å². The van der Waals surface area contributed by atoms with E-state index in [1.54, 1.807) is 0 Å². The molecule has 0 aliphatic rings. The number of esters is 2. The summed E-state index contributed by atoms with van der Waals surface area (Å²) in [5.74, 6) is -0.994. The Hall–Kier alpha value is -2.81. The molecule has 0 aromatic rings. The Bertz CT molecular complexity index is 1100. The maximum Gasteiger partial charge on any atom is 0.469 e. The molecule has 9 nitrogen and oxygen atoms in total. The minimum Gasteiger partial charge on any atom is -0.462 e. The maximum absolute atomic E-state index is 12.3. The summed E-state index contributed by atoms with van der Waals surface area (Å²) in [4.78, 5) is 42.7. The van der Waals surface area contributed by atoms with E-state index in [2.05, 4.69) is 84.4 Å². The van der Waals surface area contributed by atoms with Crippen LogP contribution in [0, 0.1) is 0 Å². The summed E-state index contributed by atoms with van der Waals surface area (Å²) in [7, 11) is -4.78. The van der Waals surface area contributed by atoms with Gasteiger partial charge in [-0.05, 0) is 89.9 Å². The van der Waals surface area contributed by atoms with Gasteiger partial charge < -0.3 is 24.4 Å². The van der Waals surface area contributed by atoms with E-state index < -0.39 is 32.5 Å². The van der Waals surface area contributed by atoms with E-state index in [9.17, 15) is 14.2 Å². The van der Waals surface area contributed by atoms with Crippen molar-refractivity contribution in [3.05, 3.63) is 85.1 Å². The van der Waals surface area contributed by atoms with Crippen LogP contribution in [0.2, 0.25) is 0 Å². The van der Waals surface area contributed by atoms with Gasteiger partial charge in [0.25, 0.3) is 0 Å². The molecule has 0 aliphatic carbocycles. The fourth-order valence-electron chi connectivity index (χ4n) is 4.65. The van der Waals surface area contributed by atoms with Gasteiger partial charge in [0.15, 0.2) is 6.10 Å². The second kappa shape index (κ2) is 37.0. The largest absolute Gasteiger partial charge is 0.469 e. The van der Waals surface area contributed by atoms with E-state index in [1.807, 2.05) is 12.2 Å². The molecule has 0 spiro atoms. The first-order valence-electron chi connectivity index (χ1n) is 19.0. The van der Waals surface area contributed by atoms with Crippen molar-refractivity contribution in [1.29, 1.82) is 0 Å². The molecule has 0 amide bonds. The van der Waals surface area contributed by atoms with Crippen LogP contribution in [0.4, 0.5) is 0 Å². The van der Waals surface area contributed by atoms with Gasteiger partial charge in [-0.1, -0.05) is 118 Å². The Morgan fingerprint density at radius 2 is 0.980 bits per heavy atom. The molecule has 0 aliphatic heterocycles. The monoisotopic (exact) mass is 734 g/mol. The highest BCUT2D eigenvalue weighted by atomic mass is 31.2. The number of allylic oxidation sites excluding steroid dienone is 14. The highest BCUT2D eigenvalue weighted by Crippen LogP contribution is 2.35. The van der Waals surface area contributed by atoms with Crippen LogP contribution < -0.4 is 0 Å². The fourth-order valence-corrected chi connectivity index (χ4v) is 5.01. The fraction of sp³-hybridized carbons (Fsp3) is 0.610. The van der Waals surface area contributed by atoms with Crippen molar-refractivity contribution in [3.63, 3.8) is 0 Å². The molecule has 0 fully saturated rings. The Kier molecular flexibility index (Phi) is 34.9. The number of carbonyl (C=O) groups excluding carboxylic acids is 2. The first-order chi connectivity index (χ1) is 24.8. The zero-order valence-corrected chi connectivity index (χ0v) is 32.1. The Morgan fingerprint density at radius 3 is 1.49 bits per heavy atom. The van der Waals surface area contributed by atoms with Gasteiger partial charge >= 0.3 is 19.8 Å². The number of phosphoric ester groups is 1. The van der Waals surface area contributed by atoms with Gasteiger partial charge in [0.2, 0.25) is 0 Å². The molecule has 3 N–H and O–H groups in total. The zero-order valence-electron chi connectivity index (χ0n) is 31.2. The van der Waals surface area contributed by atoms with Gasteiger partial charge in [0.05, 0.1) is 6.61 Å². The van der Waals surface area contributed by atoms with Crippen molar-refractivity contribution in [1.82, 2.24) is 0 Å². The molecule has 0 aromatic carbocycles. The number of rotatable bonds is 34. The number of phosphoric acid groups is 1. The number of unbranched alkanes of at least 4 members (excludes halogenated alkanes) is 9. The third kappa shape index (κ3) is 39.8. The van der Waals surface area contributed by atoms with Gasteiger partial charge in [-0.15, -0.1) is 0 Å². The van der Waals surface area contributed by atoms with Crippen LogP contribution in [0.25, 0.3) is 0 Å². The lowest BCUT2D eigenvalue weighted by Gasteiger charge is -2.18. The zero-order chi connectivity index (χ0) is 37.5. The summed E-state index contributed by atoms with van der Waals surface area (Å²) in [5, 5.41) is 8.77. The molecule has 0 heterocycles. The number of aliphatic hydroxyl groups is 1. The molecule has 0 unspecified atom stereocenters. The average Bonchev–Trinajstić information content (AvgIpc) is 3.10. The molecule has 290 valence electrons. The summed E-state index contributed by atoms with van der Waals surface area (Å²) in [5.41, 5.74) is 0. The van der Waals surface area contributed by atoms with Crippen molar-refractivity contribution in [3.8, 4) is 0 Å². The summed E-state index contributed by atoms with van der Waals surface area (Å²) in [6, 6.07) is 0. The molecule has 0 saturated heterocycles. The third-order valence-corrected chi connectivity index (χ3v) is 7.94. The Morgan fingerprint density at radius 1 is 0.549 bits per heavy atom. The maximum atomic E-state index is 12.3. The summed E-state index contributed by atoms with van der Waals surface area (Å²) < 4.78 is 26.2. The normalized spacial score (nSPS) is 13.4. The Balaban J connectivity index is 4.11. The van der Waals surface area contributed by atoms with Crippen LogP contribution in [0.1, 0.15) is 135 Å². The van der Waals surface area contributed by atoms with Crippen molar-refractivity contribution in [2.45, 2.75) is 141 Å². The van der Waals surface area contributed by atoms with Crippen molar-refractivity contribution in [2.24, 2.45) is 0 Å². The number of carbonyl (C=O) groups is 2. The number of aliphatic hydroxyl groups excluding tert-OH is 1. The average molecular weight is 735 g/mol. The van der Waals surface area contributed by atoms with E-state index in [-0.39, 0.29) is 26.1 Å². The molecule has 0 saturated carbocycles. The van der Waals surface area contributed by atoms with Gasteiger partial charge in [0, 0.05) is 19.4 Å². The van der Waals surface area contributed by atoms with Crippen molar-refractivity contribution < 1.29 is 43.0 Å². The lowest BCUT2D eigenvalue weighted by Crippen LogP contribution is -2.29. The van der Waals surface area contributed by atoms with Crippen LogP contribution in [0.3, 0.4) is 0 Å². The minimum atomic E-state index is -4.78. The predicted molar refractivity (Wildman–Crippen MR) is 208 cm³/mol. The quantitative estimate of drug-likeness (QED) is 0.0255. The molecule has 51 heavy (non-hydrogen) atoms. The first kappa shape index (κ1) is 48.2. The van der Waals surface area contributed by atoms with E-state index in [4.69, 9.17) is 24.4 Å². The molecule has 0 aromatic heterocycles. The highest BCUT2D eigenvalue weighted by molar-refractivity contribution is 7.46. The number of hydrogen-bond donors (Lipinski definition) is 3. The van der Waals surface area contributed by atoms with Gasteiger partial charge in [-0.3, -0.25) is 14.1 Å². The SMILES string of the molecule is CC/C=C\C/C=C\C/C=C\CCCCCCCC(=O)OC[C@H](COP(=O)(O)O)OC(=O)CCC/C=C\C/C=C\C/C=C\C/C=C\CCCCCO. The van der Waals surface area contributed by atoms with E-state index in [1.165, 1.54) is 0 Å². The van der Waals surface area contributed by atoms with Crippen molar-refractivity contribution >= 4 is 19.8 Å². The van der Waals surface area contributed by atoms with Gasteiger partial charge in [-0.2, -0.15) is 0 Å². The van der Waals surface area contributed by atoms with Crippen LogP contribution in [0.15, 0.2) is 85.1 Å². The Labute approximate surface area is 308 Å². The topological polar surface area (TPSA) is 140 Å². The third-order valence-electron chi connectivity index (χ3n) is 7.45. The van der Waals surface area contributed by atoms with Crippen LogP contribution in [0.5, 0.6) is 0 Å². The van der Waals surface area contributed by atoms with Crippen LogP contribution >= 0.6 is 7.82 Å². The summed E-state index contributed by atoms with van der Waals surface area (Å²) in [6.45, 7) is 1.50. The van der Waals surface area contributed by atoms with Gasteiger partial charge in [0.1, 0.15) is 6.61 Å². The molecule has 0 radical (unpaired) electrons. The second-order valence-electron chi connectivity index (χ2n) is 12.2. The lowest BCUT2D eigenvalue weighted by atomic mass is 10.1.